The fourth-order valence-corrected chi connectivity index (χ4v) is 1.80. The first-order valence-corrected chi connectivity index (χ1v) is 6.34. The molecule has 2 heterocycles. The van der Waals surface area contributed by atoms with Gasteiger partial charge in [0, 0.05) is 24.3 Å². The van der Waals surface area contributed by atoms with E-state index in [1.54, 1.807) is 6.07 Å². The SMILES string of the molecule is CC(C)(C)c1nc(N)cc(OC2CCOCC2)n1. The smallest absolute Gasteiger partial charge is 0.219 e. The Morgan fingerprint density at radius 3 is 2.56 bits per heavy atom. The Labute approximate surface area is 108 Å². The topological polar surface area (TPSA) is 70.3 Å². The molecule has 2 N–H and O–H groups in total. The van der Waals surface area contributed by atoms with Crippen molar-refractivity contribution in [1.29, 1.82) is 0 Å². The predicted octanol–water partition coefficient (Wildman–Crippen LogP) is 1.91. The molecule has 0 saturated carbocycles. The Hall–Kier alpha value is -1.36. The maximum Gasteiger partial charge on any atom is 0.219 e. The zero-order valence-electron chi connectivity index (χ0n) is 11.3. The van der Waals surface area contributed by atoms with Crippen molar-refractivity contribution in [2.24, 2.45) is 0 Å². The van der Waals surface area contributed by atoms with Gasteiger partial charge in [-0.3, -0.25) is 0 Å². The quantitative estimate of drug-likeness (QED) is 0.869. The third kappa shape index (κ3) is 3.32. The van der Waals surface area contributed by atoms with E-state index in [1.165, 1.54) is 0 Å². The summed E-state index contributed by atoms with van der Waals surface area (Å²) >= 11 is 0. The summed E-state index contributed by atoms with van der Waals surface area (Å²) in [6, 6.07) is 1.69. The number of anilines is 1. The summed E-state index contributed by atoms with van der Waals surface area (Å²) in [5.74, 6) is 1.74. The Kier molecular flexibility index (Phi) is 3.71. The van der Waals surface area contributed by atoms with Crippen molar-refractivity contribution < 1.29 is 9.47 Å². The number of aromatic nitrogens is 2. The van der Waals surface area contributed by atoms with Gasteiger partial charge in [-0.1, -0.05) is 20.8 Å². The van der Waals surface area contributed by atoms with Gasteiger partial charge in [0.2, 0.25) is 5.88 Å². The van der Waals surface area contributed by atoms with E-state index in [-0.39, 0.29) is 11.5 Å². The molecule has 5 nitrogen and oxygen atoms in total. The van der Waals surface area contributed by atoms with Crippen LogP contribution in [0, 0.1) is 0 Å². The second-order valence-corrected chi connectivity index (χ2v) is 5.63. The van der Waals surface area contributed by atoms with Crippen LogP contribution in [-0.2, 0) is 10.2 Å². The molecule has 5 heteroatoms. The second kappa shape index (κ2) is 5.10. The van der Waals surface area contributed by atoms with Crippen LogP contribution in [0.3, 0.4) is 0 Å². The van der Waals surface area contributed by atoms with E-state index in [4.69, 9.17) is 15.2 Å². The third-order valence-corrected chi connectivity index (χ3v) is 2.85. The van der Waals surface area contributed by atoms with Crippen molar-refractivity contribution in [3.8, 4) is 5.88 Å². The highest BCUT2D eigenvalue weighted by Crippen LogP contribution is 2.23. The van der Waals surface area contributed by atoms with Crippen molar-refractivity contribution in [2.75, 3.05) is 18.9 Å². The molecule has 0 spiro atoms. The van der Waals surface area contributed by atoms with Gasteiger partial charge >= 0.3 is 0 Å². The molecule has 2 rings (SSSR count). The highest BCUT2D eigenvalue weighted by Gasteiger charge is 2.21. The largest absolute Gasteiger partial charge is 0.474 e. The number of nitrogen functional groups attached to an aromatic ring is 1. The third-order valence-electron chi connectivity index (χ3n) is 2.85. The molecular weight excluding hydrogens is 230 g/mol. The van der Waals surface area contributed by atoms with Crippen molar-refractivity contribution in [3.63, 3.8) is 0 Å². The minimum atomic E-state index is -0.136. The summed E-state index contributed by atoms with van der Waals surface area (Å²) in [5.41, 5.74) is 5.67. The fraction of sp³-hybridized carbons (Fsp3) is 0.692. The van der Waals surface area contributed by atoms with E-state index in [9.17, 15) is 0 Å². The van der Waals surface area contributed by atoms with Crippen LogP contribution in [0.1, 0.15) is 39.4 Å². The molecule has 1 aliphatic heterocycles. The van der Waals surface area contributed by atoms with Crippen LogP contribution >= 0.6 is 0 Å². The molecule has 1 aromatic heterocycles. The summed E-state index contributed by atoms with van der Waals surface area (Å²) in [7, 11) is 0. The van der Waals surface area contributed by atoms with E-state index in [1.807, 2.05) is 0 Å². The fourth-order valence-electron chi connectivity index (χ4n) is 1.80. The maximum atomic E-state index is 5.86. The molecule has 100 valence electrons. The molecule has 0 aliphatic carbocycles. The number of hydrogen-bond donors (Lipinski definition) is 1. The van der Waals surface area contributed by atoms with Crippen LogP contribution in [0.5, 0.6) is 5.88 Å². The summed E-state index contributed by atoms with van der Waals surface area (Å²) in [4.78, 5) is 8.70. The van der Waals surface area contributed by atoms with Gasteiger partial charge in [-0.05, 0) is 0 Å². The molecule has 0 radical (unpaired) electrons. The summed E-state index contributed by atoms with van der Waals surface area (Å²) in [6.07, 6.45) is 1.96. The van der Waals surface area contributed by atoms with Crippen molar-refractivity contribution in [1.82, 2.24) is 9.97 Å². The zero-order valence-corrected chi connectivity index (χ0v) is 11.3. The minimum absolute atomic E-state index is 0.136. The van der Waals surface area contributed by atoms with Gasteiger partial charge in [-0.25, -0.2) is 4.98 Å². The molecular formula is C13H21N3O2. The highest BCUT2D eigenvalue weighted by atomic mass is 16.5. The average molecular weight is 251 g/mol. The van der Waals surface area contributed by atoms with Gasteiger partial charge in [0.15, 0.2) is 0 Å². The van der Waals surface area contributed by atoms with Crippen LogP contribution in [0.25, 0.3) is 0 Å². The Balaban J connectivity index is 2.14. The van der Waals surface area contributed by atoms with Gasteiger partial charge in [0.25, 0.3) is 0 Å². The van der Waals surface area contributed by atoms with Gasteiger partial charge in [0.1, 0.15) is 17.7 Å². The molecule has 0 amide bonds. The first-order valence-electron chi connectivity index (χ1n) is 6.34. The van der Waals surface area contributed by atoms with Gasteiger partial charge in [-0.2, -0.15) is 4.98 Å². The summed E-state index contributed by atoms with van der Waals surface area (Å²) in [6.45, 7) is 7.66. The number of hydrogen-bond acceptors (Lipinski definition) is 5. The van der Waals surface area contributed by atoms with Crippen molar-refractivity contribution >= 4 is 5.82 Å². The Morgan fingerprint density at radius 1 is 1.28 bits per heavy atom. The molecule has 0 aromatic carbocycles. The lowest BCUT2D eigenvalue weighted by Crippen LogP contribution is -2.27. The van der Waals surface area contributed by atoms with Crippen LogP contribution < -0.4 is 10.5 Å². The molecule has 1 aliphatic rings. The van der Waals surface area contributed by atoms with Crippen LogP contribution in [0.2, 0.25) is 0 Å². The number of nitrogens with zero attached hydrogens (tertiary/aromatic N) is 2. The van der Waals surface area contributed by atoms with Crippen LogP contribution in [0.15, 0.2) is 6.07 Å². The van der Waals surface area contributed by atoms with Gasteiger partial charge in [0.05, 0.1) is 13.2 Å². The summed E-state index contributed by atoms with van der Waals surface area (Å²) < 4.78 is 11.2. The second-order valence-electron chi connectivity index (χ2n) is 5.63. The lowest BCUT2D eigenvalue weighted by molar-refractivity contribution is 0.0235. The Morgan fingerprint density at radius 2 is 1.94 bits per heavy atom. The standard InChI is InChI=1S/C13H21N3O2/c1-13(2,3)12-15-10(14)8-11(16-12)18-9-4-6-17-7-5-9/h8-9H,4-7H2,1-3H3,(H2,14,15,16). The minimum Gasteiger partial charge on any atom is -0.474 e. The van der Waals surface area contributed by atoms with E-state index in [0.717, 1.165) is 26.1 Å². The van der Waals surface area contributed by atoms with Crippen molar-refractivity contribution in [2.45, 2.75) is 45.1 Å². The first-order chi connectivity index (χ1) is 8.45. The molecule has 1 aromatic rings. The molecule has 18 heavy (non-hydrogen) atoms. The maximum absolute atomic E-state index is 5.86. The molecule has 0 unspecified atom stereocenters. The number of rotatable bonds is 2. The zero-order chi connectivity index (χ0) is 13.2. The molecule has 1 saturated heterocycles. The summed E-state index contributed by atoms with van der Waals surface area (Å²) in [5, 5.41) is 0. The number of nitrogens with two attached hydrogens (primary N) is 1. The molecule has 0 bridgehead atoms. The van der Waals surface area contributed by atoms with Gasteiger partial charge in [-0.15, -0.1) is 0 Å². The normalized spacial score (nSPS) is 17.7. The lowest BCUT2D eigenvalue weighted by atomic mass is 9.96. The Bertz CT molecular complexity index is 409. The van der Waals surface area contributed by atoms with Crippen LogP contribution in [-0.4, -0.2) is 29.3 Å². The molecule has 1 fully saturated rings. The average Bonchev–Trinajstić information content (AvgIpc) is 2.28. The monoisotopic (exact) mass is 251 g/mol. The van der Waals surface area contributed by atoms with Crippen LogP contribution in [0.4, 0.5) is 5.82 Å². The lowest BCUT2D eigenvalue weighted by Gasteiger charge is -2.24. The number of ether oxygens (including phenoxy) is 2. The van der Waals surface area contributed by atoms with E-state index < -0.39 is 0 Å². The first kappa shape index (κ1) is 13.1. The van der Waals surface area contributed by atoms with Crippen molar-refractivity contribution in [3.05, 3.63) is 11.9 Å². The molecule has 0 atom stereocenters. The van der Waals surface area contributed by atoms with Gasteiger partial charge < -0.3 is 15.2 Å². The van der Waals surface area contributed by atoms with E-state index in [2.05, 4.69) is 30.7 Å². The van der Waals surface area contributed by atoms with E-state index >= 15 is 0 Å². The predicted molar refractivity (Wildman–Crippen MR) is 69.6 cm³/mol. The highest BCUT2D eigenvalue weighted by molar-refractivity contribution is 5.34. The van der Waals surface area contributed by atoms with E-state index in [0.29, 0.717) is 17.5 Å².